The number of hydrogen-bond acceptors (Lipinski definition) is 10. The summed E-state index contributed by atoms with van der Waals surface area (Å²) in [5, 5.41) is 13.7. The highest BCUT2D eigenvalue weighted by molar-refractivity contribution is 7.19. The Morgan fingerprint density at radius 1 is 0.416 bits per heavy atom. The van der Waals surface area contributed by atoms with Gasteiger partial charge in [-0.2, -0.15) is 11.1 Å². The lowest BCUT2D eigenvalue weighted by Crippen LogP contribution is -2.52. The number of benzene rings is 2. The van der Waals surface area contributed by atoms with Crippen LogP contribution in [0.5, 0.6) is 0 Å². The van der Waals surface area contributed by atoms with Crippen LogP contribution >= 0.6 is 11.1 Å². The monoisotopic (exact) mass is 1230 g/mol. The molecule has 0 heterocycles. The second-order valence-corrected chi connectivity index (χ2v) is 61.6. The average molecular weight is 1240 g/mol. The van der Waals surface area contributed by atoms with Gasteiger partial charge < -0.3 is 49.9 Å². The van der Waals surface area contributed by atoms with Crippen molar-refractivity contribution in [2.24, 2.45) is 11.5 Å². The van der Waals surface area contributed by atoms with Crippen LogP contribution in [0.4, 0.5) is 0 Å². The van der Waals surface area contributed by atoms with Crippen LogP contribution in [-0.4, -0.2) is 133 Å². The average Bonchev–Trinajstić information content (AvgIpc) is 3.28. The van der Waals surface area contributed by atoms with Gasteiger partial charge in [-0.15, -0.1) is 0 Å². The second kappa shape index (κ2) is 40.3. The van der Waals surface area contributed by atoms with E-state index in [1.54, 1.807) is 20.8 Å². The van der Waals surface area contributed by atoms with Gasteiger partial charge in [-0.3, -0.25) is 19.2 Å². The van der Waals surface area contributed by atoms with E-state index in [0.717, 1.165) is 107 Å². The number of hydrogen-bond donors (Lipinski definition) is 7. The summed E-state index contributed by atoms with van der Waals surface area (Å²) in [6.45, 7) is 46.1. The topological polar surface area (TPSA) is 216 Å². The van der Waals surface area contributed by atoms with E-state index in [4.69, 9.17) is 34.9 Å². The Labute approximate surface area is 483 Å². The molecule has 0 bridgehead atoms. The fraction of sp³-hybridized carbons (Fsp3) is 0.704. The van der Waals surface area contributed by atoms with E-state index in [2.05, 4.69) is 137 Å². The van der Waals surface area contributed by atoms with Crippen molar-refractivity contribution >= 4 is 111 Å². The minimum atomic E-state index is -2.03. The maximum atomic E-state index is 10.9. The molecule has 77 heavy (non-hydrogen) atoms. The van der Waals surface area contributed by atoms with Gasteiger partial charge in [-0.25, -0.2) is 0 Å². The van der Waals surface area contributed by atoms with Crippen LogP contribution in [0, 0.1) is 0 Å². The SMILES string of the molecule is CC(=O)NCCC[Si](C)(C)Cl.CC(=O)NCCC[Si](C)(C)O[Si](C)(C)CCCNC(C)=O.CC(=O)NCCC[Si](C)(C)O[Si](C)(C)c1ccccc1.C[Si](C)(CCCN)O[Si](C)(C)CCCN.C[Si](C)(O)c1ccccc1. The molecule has 0 unspecified atom stereocenters. The maximum Gasteiger partial charge on any atom is 0.216 e. The fourth-order valence-corrected chi connectivity index (χ4v) is 37.0. The molecule has 0 radical (unpaired) electrons. The van der Waals surface area contributed by atoms with Gasteiger partial charge in [0.15, 0.2) is 49.0 Å². The van der Waals surface area contributed by atoms with Crippen molar-refractivity contribution < 1.29 is 36.3 Å². The van der Waals surface area contributed by atoms with Crippen molar-refractivity contribution in [1.82, 2.24) is 21.3 Å². The lowest BCUT2D eigenvalue weighted by Gasteiger charge is -2.34. The van der Waals surface area contributed by atoms with Gasteiger partial charge in [0.25, 0.3) is 0 Å². The van der Waals surface area contributed by atoms with E-state index in [1.807, 2.05) is 49.5 Å². The minimum absolute atomic E-state index is 0.0306. The van der Waals surface area contributed by atoms with Crippen LogP contribution in [0.25, 0.3) is 0 Å². The lowest BCUT2D eigenvalue weighted by molar-refractivity contribution is -0.119. The normalized spacial score (nSPS) is 12.2. The Morgan fingerprint density at radius 2 is 0.662 bits per heavy atom. The van der Waals surface area contributed by atoms with Crippen LogP contribution in [0.1, 0.15) is 66.2 Å². The largest absolute Gasteiger partial charge is 0.455 e. The molecule has 2 rings (SSSR count). The van der Waals surface area contributed by atoms with Crippen molar-refractivity contribution in [1.29, 1.82) is 0 Å². The van der Waals surface area contributed by atoms with Crippen LogP contribution in [0.2, 0.25) is 141 Å². The third-order valence-corrected chi connectivity index (χ3v) is 38.3. The molecule has 0 aliphatic heterocycles. The molecule has 0 saturated heterocycles. The molecule has 14 nitrogen and oxygen atoms in total. The van der Waals surface area contributed by atoms with Crippen molar-refractivity contribution in [3.63, 3.8) is 0 Å². The first-order valence-electron chi connectivity index (χ1n) is 28.1. The Balaban J connectivity index is -0.000000914. The third-order valence-electron chi connectivity index (χ3n) is 11.9. The Morgan fingerprint density at radius 3 is 0.896 bits per heavy atom. The Hall–Kier alpha value is -1.89. The van der Waals surface area contributed by atoms with E-state index in [0.29, 0.717) is 0 Å². The summed E-state index contributed by atoms with van der Waals surface area (Å²) in [5.74, 6) is 0.148. The molecule has 0 aliphatic carbocycles. The molecule has 0 fully saturated rings. The quantitative estimate of drug-likeness (QED) is 0.0223. The number of halogens is 1. The van der Waals surface area contributed by atoms with Crippen LogP contribution in [0.3, 0.4) is 0 Å². The first kappa shape index (κ1) is 79.3. The zero-order chi connectivity index (χ0) is 60.2. The second-order valence-electron chi connectivity index (χ2n) is 24.8. The molecular formula is C54H115ClN6O8Si8. The van der Waals surface area contributed by atoms with Crippen molar-refractivity contribution in [3.05, 3.63) is 60.7 Å². The van der Waals surface area contributed by atoms with E-state index >= 15 is 0 Å². The highest BCUT2D eigenvalue weighted by Crippen LogP contribution is 2.25. The predicted molar refractivity (Wildman–Crippen MR) is 353 cm³/mol. The summed E-state index contributed by atoms with van der Waals surface area (Å²) in [6, 6.07) is 27.0. The van der Waals surface area contributed by atoms with Gasteiger partial charge in [0, 0.05) is 53.9 Å². The molecule has 0 atom stereocenters. The van der Waals surface area contributed by atoms with Gasteiger partial charge in [0.1, 0.15) is 0 Å². The van der Waals surface area contributed by atoms with Crippen LogP contribution in [-0.2, 0) is 31.5 Å². The Kier molecular flexibility index (Phi) is 41.5. The summed E-state index contributed by atoms with van der Waals surface area (Å²) < 4.78 is 19.5. The number of carbonyl (C=O) groups excluding carboxylic acids is 4. The van der Waals surface area contributed by atoms with E-state index < -0.39 is 65.6 Å². The lowest BCUT2D eigenvalue weighted by atomic mass is 10.4. The summed E-state index contributed by atoms with van der Waals surface area (Å²) in [4.78, 5) is 52.6. The predicted octanol–water partition coefficient (Wildman–Crippen LogP) is 10.5. The standard InChI is InChI=1S/C15H27NO2Si2.C14H32N2O3Si2.C10H28N2OSi2.C8H12OSi.C7H16ClNOSi/c1-14(17)16-12-9-13-19(2,3)18-20(4,5)15-10-7-6-8-11-15;1-13(17)15-9-7-11-20(3,4)19-21(5,6)12-8-10-16-14(2)18;1-14(2,9-5-7-11)13-15(3,4)10-6-8-12;1-10(2,9)8-6-4-3-5-7-8;1-7(10)9-5-4-6-11(2,3)8/h6-8,10-11H,9,12-13H2,1-5H3,(H,16,17);7-12H2,1-6H3,(H,15,17)(H,16,18);5-12H2,1-4H3;3-7,9H,1-2H3;4-6H2,1-3H3,(H,9,10). The first-order chi connectivity index (χ1) is 35.1. The van der Waals surface area contributed by atoms with Gasteiger partial charge in [-0.1, -0.05) is 73.8 Å². The fourth-order valence-electron chi connectivity index (χ4n) is 8.35. The molecule has 0 aromatic heterocycles. The van der Waals surface area contributed by atoms with Crippen LogP contribution < -0.4 is 43.1 Å². The molecule has 23 heteroatoms. The molecule has 0 spiro atoms. The van der Waals surface area contributed by atoms with E-state index in [9.17, 15) is 24.0 Å². The third kappa shape index (κ3) is 52.0. The van der Waals surface area contributed by atoms with Gasteiger partial charge in [0.2, 0.25) is 40.3 Å². The molecular weight excluding hydrogens is 1120 g/mol. The van der Waals surface area contributed by atoms with E-state index in [1.165, 1.54) is 24.2 Å². The molecule has 9 N–H and O–H groups in total. The number of nitrogens with one attached hydrogen (secondary N) is 4. The number of carbonyl (C=O) groups is 4. The number of rotatable bonds is 30. The molecule has 448 valence electrons. The highest BCUT2D eigenvalue weighted by atomic mass is 35.6. The van der Waals surface area contributed by atoms with Crippen LogP contribution in [0.15, 0.2) is 60.7 Å². The first-order valence-corrected chi connectivity index (χ1v) is 53.8. The highest BCUT2D eigenvalue weighted by Gasteiger charge is 2.35. The number of amides is 4. The van der Waals surface area contributed by atoms with Gasteiger partial charge >= 0.3 is 0 Å². The summed E-state index contributed by atoms with van der Waals surface area (Å²) in [6.07, 6.45) is 6.16. The number of nitrogens with two attached hydrogens (primary N) is 2. The summed E-state index contributed by atoms with van der Waals surface area (Å²) in [7, 11) is -13.2. The van der Waals surface area contributed by atoms with E-state index in [-0.39, 0.29) is 23.6 Å². The molecule has 2 aromatic rings. The zero-order valence-corrected chi connectivity index (χ0v) is 61.1. The van der Waals surface area contributed by atoms with Crippen molar-refractivity contribution in [2.45, 2.75) is 207 Å². The minimum Gasteiger partial charge on any atom is -0.455 e. The van der Waals surface area contributed by atoms with Crippen molar-refractivity contribution in [3.8, 4) is 0 Å². The summed E-state index contributed by atoms with van der Waals surface area (Å²) >= 11 is 6.07. The smallest absolute Gasteiger partial charge is 0.216 e. The Bertz CT molecular complexity index is 1840. The van der Waals surface area contributed by atoms with Gasteiger partial charge in [0.05, 0.1) is 0 Å². The maximum absolute atomic E-state index is 10.9. The zero-order valence-electron chi connectivity index (χ0n) is 52.3. The van der Waals surface area contributed by atoms with Gasteiger partial charge in [-0.05, 0) is 190 Å². The molecule has 0 aliphatic rings. The molecule has 0 saturated carbocycles. The molecule has 4 amide bonds. The summed E-state index contributed by atoms with van der Waals surface area (Å²) in [5.41, 5.74) is 11.1. The van der Waals surface area contributed by atoms with Crippen molar-refractivity contribution in [2.75, 3.05) is 39.3 Å². The molecule has 2 aromatic carbocycles.